The summed E-state index contributed by atoms with van der Waals surface area (Å²) in [5.74, 6) is 0. The maximum atomic E-state index is 6.16. The van der Waals surface area contributed by atoms with E-state index < -0.39 is 0 Å². The summed E-state index contributed by atoms with van der Waals surface area (Å²) in [5, 5.41) is 7.56. The fourth-order valence-corrected chi connectivity index (χ4v) is 1.96. The molecule has 102 valence electrons. The van der Waals surface area contributed by atoms with Crippen LogP contribution in [0.4, 0.5) is 0 Å². The predicted molar refractivity (Wildman–Crippen MR) is 77.3 cm³/mol. The van der Waals surface area contributed by atoms with E-state index in [1.54, 1.807) is 7.11 Å². The van der Waals surface area contributed by atoms with Crippen molar-refractivity contribution in [2.24, 2.45) is 0 Å². The van der Waals surface area contributed by atoms with Crippen molar-refractivity contribution in [3.8, 4) is 0 Å². The molecule has 4 heteroatoms. The van der Waals surface area contributed by atoms with Crippen LogP contribution in [0.25, 0.3) is 0 Å². The number of nitrogens with one attached hydrogen (secondary N) is 2. The molecule has 0 heterocycles. The van der Waals surface area contributed by atoms with Crippen LogP contribution in [0.2, 0.25) is 5.02 Å². The smallest absolute Gasteiger partial charge is 0.0587 e. The largest absolute Gasteiger partial charge is 0.383 e. The first-order valence-corrected chi connectivity index (χ1v) is 6.77. The highest BCUT2D eigenvalue weighted by Gasteiger charge is 1.99. The third-order valence-electron chi connectivity index (χ3n) is 2.71. The Morgan fingerprint density at radius 3 is 2.67 bits per heavy atom. The lowest BCUT2D eigenvalue weighted by Gasteiger charge is -2.08. The molecule has 0 aliphatic carbocycles. The molecule has 0 aromatic heterocycles. The van der Waals surface area contributed by atoms with E-state index in [0.717, 1.165) is 49.8 Å². The Morgan fingerprint density at radius 1 is 1.17 bits per heavy atom. The Bertz CT molecular complexity index is 345. The second kappa shape index (κ2) is 9.34. The Labute approximate surface area is 115 Å². The third-order valence-corrected chi connectivity index (χ3v) is 3.07. The quantitative estimate of drug-likeness (QED) is 0.676. The number of ether oxygens (including phenoxy) is 1. The Kier molecular flexibility index (Phi) is 8.01. The molecule has 0 unspecified atom stereocenters. The monoisotopic (exact) mass is 270 g/mol. The highest BCUT2D eigenvalue weighted by Crippen LogP contribution is 2.17. The molecule has 0 radical (unpaired) electrons. The maximum absolute atomic E-state index is 6.16. The fourth-order valence-electron chi connectivity index (χ4n) is 1.66. The van der Waals surface area contributed by atoms with Crippen LogP contribution in [0, 0.1) is 6.92 Å². The van der Waals surface area contributed by atoms with E-state index in [1.165, 1.54) is 5.56 Å². The highest BCUT2D eigenvalue weighted by molar-refractivity contribution is 6.31. The minimum atomic E-state index is 0.770. The van der Waals surface area contributed by atoms with Crippen LogP contribution in [-0.4, -0.2) is 33.4 Å². The molecule has 18 heavy (non-hydrogen) atoms. The summed E-state index contributed by atoms with van der Waals surface area (Å²) in [4.78, 5) is 0. The highest BCUT2D eigenvalue weighted by atomic mass is 35.5. The molecule has 1 aromatic carbocycles. The van der Waals surface area contributed by atoms with Crippen molar-refractivity contribution in [1.29, 1.82) is 0 Å². The van der Waals surface area contributed by atoms with Gasteiger partial charge in [-0.05, 0) is 43.6 Å². The summed E-state index contributed by atoms with van der Waals surface area (Å²) < 4.78 is 4.96. The molecule has 0 fully saturated rings. The molecular formula is C14H23ClN2O. The summed E-state index contributed by atoms with van der Waals surface area (Å²) in [5.41, 5.74) is 2.36. The average Bonchev–Trinajstić information content (AvgIpc) is 2.35. The summed E-state index contributed by atoms with van der Waals surface area (Å²) in [6.45, 7) is 6.57. The number of benzene rings is 1. The zero-order valence-corrected chi connectivity index (χ0v) is 12.0. The summed E-state index contributed by atoms with van der Waals surface area (Å²) in [6.07, 6.45) is 1.10. The fraction of sp³-hybridized carbons (Fsp3) is 0.571. The van der Waals surface area contributed by atoms with Gasteiger partial charge in [-0.3, -0.25) is 0 Å². The average molecular weight is 271 g/mol. The molecule has 0 amide bonds. The lowest BCUT2D eigenvalue weighted by molar-refractivity contribution is 0.199. The zero-order chi connectivity index (χ0) is 13.2. The van der Waals surface area contributed by atoms with Gasteiger partial charge in [-0.15, -0.1) is 0 Å². The van der Waals surface area contributed by atoms with Crippen molar-refractivity contribution < 1.29 is 4.74 Å². The van der Waals surface area contributed by atoms with E-state index in [0.29, 0.717) is 0 Å². The molecule has 0 aliphatic rings. The van der Waals surface area contributed by atoms with Crippen molar-refractivity contribution in [2.75, 3.05) is 33.4 Å². The third kappa shape index (κ3) is 6.36. The topological polar surface area (TPSA) is 33.3 Å². The molecule has 3 nitrogen and oxygen atoms in total. The van der Waals surface area contributed by atoms with Crippen LogP contribution in [-0.2, 0) is 11.3 Å². The predicted octanol–water partition coefficient (Wildman–Crippen LogP) is 2.36. The minimum Gasteiger partial charge on any atom is -0.383 e. The van der Waals surface area contributed by atoms with E-state index >= 15 is 0 Å². The van der Waals surface area contributed by atoms with E-state index in [-0.39, 0.29) is 0 Å². The van der Waals surface area contributed by atoms with Gasteiger partial charge in [0.25, 0.3) is 0 Å². The van der Waals surface area contributed by atoms with Gasteiger partial charge in [0.2, 0.25) is 0 Å². The molecule has 0 saturated carbocycles. The molecule has 0 spiro atoms. The van der Waals surface area contributed by atoms with Crippen molar-refractivity contribution in [2.45, 2.75) is 19.9 Å². The molecule has 0 aliphatic heterocycles. The zero-order valence-electron chi connectivity index (χ0n) is 11.3. The SMILES string of the molecule is COCCNCCCNCc1ccc(C)cc1Cl. The number of halogens is 1. The number of aryl methyl sites for hydroxylation is 1. The summed E-state index contributed by atoms with van der Waals surface area (Å²) >= 11 is 6.16. The van der Waals surface area contributed by atoms with Crippen LogP contribution < -0.4 is 10.6 Å². The molecule has 0 bridgehead atoms. The molecular weight excluding hydrogens is 248 g/mol. The summed E-state index contributed by atoms with van der Waals surface area (Å²) in [7, 11) is 1.72. The number of rotatable bonds is 9. The lowest BCUT2D eigenvalue weighted by Crippen LogP contribution is -2.24. The van der Waals surface area contributed by atoms with Gasteiger partial charge in [-0.2, -0.15) is 0 Å². The van der Waals surface area contributed by atoms with Gasteiger partial charge in [-0.1, -0.05) is 23.7 Å². The molecule has 1 aromatic rings. The van der Waals surface area contributed by atoms with Crippen LogP contribution in [0.1, 0.15) is 17.5 Å². The van der Waals surface area contributed by atoms with E-state index in [9.17, 15) is 0 Å². The van der Waals surface area contributed by atoms with E-state index in [2.05, 4.69) is 29.7 Å². The van der Waals surface area contributed by atoms with Crippen molar-refractivity contribution in [3.63, 3.8) is 0 Å². The summed E-state index contributed by atoms with van der Waals surface area (Å²) in [6, 6.07) is 6.18. The van der Waals surface area contributed by atoms with Gasteiger partial charge in [0.15, 0.2) is 0 Å². The Morgan fingerprint density at radius 2 is 1.94 bits per heavy atom. The lowest BCUT2D eigenvalue weighted by atomic mass is 10.1. The number of hydrogen-bond donors (Lipinski definition) is 2. The Hall–Kier alpha value is -0.610. The van der Waals surface area contributed by atoms with Crippen LogP contribution in [0.3, 0.4) is 0 Å². The molecule has 1 rings (SSSR count). The van der Waals surface area contributed by atoms with Crippen LogP contribution in [0.5, 0.6) is 0 Å². The van der Waals surface area contributed by atoms with E-state index in [1.807, 2.05) is 6.07 Å². The van der Waals surface area contributed by atoms with E-state index in [4.69, 9.17) is 16.3 Å². The first kappa shape index (κ1) is 15.4. The molecule has 0 saturated heterocycles. The van der Waals surface area contributed by atoms with Gasteiger partial charge in [-0.25, -0.2) is 0 Å². The van der Waals surface area contributed by atoms with Gasteiger partial charge in [0, 0.05) is 25.2 Å². The van der Waals surface area contributed by atoms with Crippen molar-refractivity contribution in [1.82, 2.24) is 10.6 Å². The normalized spacial score (nSPS) is 10.8. The van der Waals surface area contributed by atoms with Gasteiger partial charge >= 0.3 is 0 Å². The van der Waals surface area contributed by atoms with Gasteiger partial charge < -0.3 is 15.4 Å². The van der Waals surface area contributed by atoms with Gasteiger partial charge in [0.1, 0.15) is 0 Å². The molecule has 2 N–H and O–H groups in total. The first-order chi connectivity index (χ1) is 8.74. The van der Waals surface area contributed by atoms with Crippen molar-refractivity contribution >= 4 is 11.6 Å². The number of methoxy groups -OCH3 is 1. The molecule has 0 atom stereocenters. The maximum Gasteiger partial charge on any atom is 0.0587 e. The Balaban J connectivity index is 2.07. The van der Waals surface area contributed by atoms with Crippen LogP contribution in [0.15, 0.2) is 18.2 Å². The second-order valence-corrected chi connectivity index (χ2v) is 4.78. The standard InChI is InChI=1S/C14H23ClN2O/c1-12-4-5-13(14(15)10-12)11-17-7-3-6-16-8-9-18-2/h4-5,10,16-17H,3,6-9,11H2,1-2H3. The minimum absolute atomic E-state index is 0.770. The second-order valence-electron chi connectivity index (χ2n) is 4.37. The van der Waals surface area contributed by atoms with Gasteiger partial charge in [0.05, 0.1) is 6.61 Å². The van der Waals surface area contributed by atoms with Crippen LogP contribution >= 0.6 is 11.6 Å². The number of hydrogen-bond acceptors (Lipinski definition) is 3. The first-order valence-electron chi connectivity index (χ1n) is 6.39. The van der Waals surface area contributed by atoms with Crippen molar-refractivity contribution in [3.05, 3.63) is 34.3 Å².